The number of benzene rings is 1. The van der Waals surface area contributed by atoms with E-state index in [1.165, 1.54) is 15.6 Å². The summed E-state index contributed by atoms with van der Waals surface area (Å²) >= 11 is -0.124. The van der Waals surface area contributed by atoms with Gasteiger partial charge >= 0.3 is 21.2 Å². The molecule has 0 heterocycles. The van der Waals surface area contributed by atoms with Crippen LogP contribution in [0.15, 0.2) is 55.1 Å². The molecule has 0 aromatic heterocycles. The third-order valence-corrected chi connectivity index (χ3v) is 4.49. The fourth-order valence-corrected chi connectivity index (χ4v) is 3.02. The molecule has 0 saturated heterocycles. The molecule has 1 aromatic carbocycles. The Kier molecular flexibility index (Phi) is 8.33. The molecular formula is C17H20I+. The minimum Gasteiger partial charge on any atom is -0.103 e. The first kappa shape index (κ1) is 15.0. The predicted octanol–water partition coefficient (Wildman–Crippen LogP) is 1.60. The molecule has 0 atom stereocenters. The molecule has 0 spiro atoms. The van der Waals surface area contributed by atoms with Crippen molar-refractivity contribution in [2.75, 3.05) is 0 Å². The van der Waals surface area contributed by atoms with Crippen LogP contribution in [-0.2, 0) is 0 Å². The molecule has 0 aliphatic rings. The fraction of sp³-hybridized carbons (Fsp3) is 0.294. The SMILES string of the molecule is C=CCCCC(=C)CCC#C[I+]c1ccccc1. The van der Waals surface area contributed by atoms with E-state index in [2.05, 4.69) is 47.3 Å². The van der Waals surface area contributed by atoms with Crippen molar-refractivity contribution in [2.45, 2.75) is 32.1 Å². The highest BCUT2D eigenvalue weighted by Gasteiger charge is 2.05. The van der Waals surface area contributed by atoms with E-state index in [1.54, 1.807) is 0 Å². The maximum Gasteiger partial charge on any atom is 0.419 e. The van der Waals surface area contributed by atoms with E-state index in [0.717, 1.165) is 25.7 Å². The molecule has 0 aliphatic heterocycles. The Morgan fingerprint density at radius 1 is 1.22 bits per heavy atom. The van der Waals surface area contributed by atoms with Crippen LogP contribution in [0.3, 0.4) is 0 Å². The monoisotopic (exact) mass is 351 g/mol. The van der Waals surface area contributed by atoms with Gasteiger partial charge in [-0.15, -0.1) is 6.58 Å². The van der Waals surface area contributed by atoms with Gasteiger partial charge in [-0.2, -0.15) is 0 Å². The zero-order chi connectivity index (χ0) is 13.1. The van der Waals surface area contributed by atoms with Crippen LogP contribution >= 0.6 is 0 Å². The maximum absolute atomic E-state index is 4.09. The van der Waals surface area contributed by atoms with Gasteiger partial charge < -0.3 is 0 Å². The fourth-order valence-electron chi connectivity index (χ4n) is 1.47. The second-order valence-corrected chi connectivity index (χ2v) is 6.42. The summed E-state index contributed by atoms with van der Waals surface area (Å²) in [5.41, 5.74) is 1.32. The van der Waals surface area contributed by atoms with Crippen LogP contribution in [0.4, 0.5) is 0 Å². The van der Waals surface area contributed by atoms with Gasteiger partial charge in [-0.3, -0.25) is 0 Å². The molecule has 0 aliphatic carbocycles. The molecule has 1 heteroatoms. The van der Waals surface area contributed by atoms with Gasteiger partial charge in [-0.05, 0) is 43.7 Å². The lowest BCUT2D eigenvalue weighted by molar-refractivity contribution is -0.535. The van der Waals surface area contributed by atoms with Gasteiger partial charge in [-0.1, -0.05) is 36.4 Å². The zero-order valence-corrected chi connectivity index (χ0v) is 12.9. The zero-order valence-electron chi connectivity index (χ0n) is 10.8. The number of hydrogen-bond donors (Lipinski definition) is 0. The Morgan fingerprint density at radius 2 is 2.00 bits per heavy atom. The molecule has 0 amide bonds. The van der Waals surface area contributed by atoms with Gasteiger partial charge in [0.1, 0.15) is 0 Å². The summed E-state index contributed by atoms with van der Waals surface area (Å²) in [4.78, 5) is 0. The number of unbranched alkanes of at least 4 members (excludes halogenated alkanes) is 1. The number of rotatable bonds is 7. The van der Waals surface area contributed by atoms with Crippen molar-refractivity contribution < 1.29 is 21.2 Å². The molecule has 0 unspecified atom stereocenters. The van der Waals surface area contributed by atoms with Crippen LogP contribution in [0.2, 0.25) is 0 Å². The van der Waals surface area contributed by atoms with Crippen LogP contribution in [-0.4, -0.2) is 0 Å². The van der Waals surface area contributed by atoms with E-state index in [-0.39, 0.29) is 21.2 Å². The van der Waals surface area contributed by atoms with Crippen LogP contribution in [0.1, 0.15) is 32.1 Å². The molecule has 0 radical (unpaired) electrons. The molecule has 0 saturated carbocycles. The summed E-state index contributed by atoms with van der Waals surface area (Å²) in [5.74, 6) is 3.27. The lowest BCUT2D eigenvalue weighted by Gasteiger charge is -2.00. The standard InChI is InChI=1S/C17H20I/c1-3-4-6-11-16(2)12-9-10-15-18-17-13-7-5-8-14-17/h3,5,7-8,13-14H,1-2,4,6,9,11-12H2/q+1. The predicted molar refractivity (Wildman–Crippen MR) is 75.3 cm³/mol. The molecule has 0 bridgehead atoms. The molecular weight excluding hydrogens is 331 g/mol. The van der Waals surface area contributed by atoms with Gasteiger partial charge in [0.15, 0.2) is 3.93 Å². The molecule has 94 valence electrons. The van der Waals surface area contributed by atoms with Gasteiger partial charge in [-0.25, -0.2) is 0 Å². The number of hydrogen-bond acceptors (Lipinski definition) is 0. The average molecular weight is 351 g/mol. The molecule has 1 rings (SSSR count). The molecule has 1 aromatic rings. The van der Waals surface area contributed by atoms with Gasteiger partial charge in [0.25, 0.3) is 0 Å². The Morgan fingerprint density at radius 3 is 2.72 bits per heavy atom. The number of allylic oxidation sites excluding steroid dienone is 2. The average Bonchev–Trinajstić information content (AvgIpc) is 2.40. The van der Waals surface area contributed by atoms with Gasteiger partial charge in [0, 0.05) is 6.42 Å². The quantitative estimate of drug-likeness (QED) is 0.303. The van der Waals surface area contributed by atoms with E-state index >= 15 is 0 Å². The minimum absolute atomic E-state index is 0.124. The highest BCUT2D eigenvalue weighted by Crippen LogP contribution is 2.10. The van der Waals surface area contributed by atoms with Crippen LogP contribution < -0.4 is 21.2 Å². The van der Waals surface area contributed by atoms with Crippen LogP contribution in [0.5, 0.6) is 0 Å². The second-order valence-electron chi connectivity index (χ2n) is 4.09. The van der Waals surface area contributed by atoms with Crippen molar-refractivity contribution in [3.8, 4) is 9.85 Å². The first-order valence-corrected chi connectivity index (χ1v) is 8.43. The van der Waals surface area contributed by atoms with Gasteiger partial charge in [0.05, 0.1) is 0 Å². The Balaban J connectivity index is 2.14. The summed E-state index contributed by atoms with van der Waals surface area (Å²) in [6.45, 7) is 7.81. The highest BCUT2D eigenvalue weighted by molar-refractivity contribution is 5.02. The Labute approximate surface area is 121 Å². The van der Waals surface area contributed by atoms with Gasteiger partial charge in [0.2, 0.25) is 3.57 Å². The van der Waals surface area contributed by atoms with Crippen LogP contribution in [0, 0.1) is 13.4 Å². The smallest absolute Gasteiger partial charge is 0.103 e. The summed E-state index contributed by atoms with van der Waals surface area (Å²) < 4.78 is 4.72. The van der Waals surface area contributed by atoms with E-state index in [9.17, 15) is 0 Å². The summed E-state index contributed by atoms with van der Waals surface area (Å²) in [6.07, 6.45) is 7.35. The van der Waals surface area contributed by atoms with Crippen molar-refractivity contribution in [1.82, 2.24) is 0 Å². The molecule has 18 heavy (non-hydrogen) atoms. The second kappa shape index (κ2) is 9.96. The van der Waals surface area contributed by atoms with Crippen molar-refractivity contribution in [2.24, 2.45) is 0 Å². The topological polar surface area (TPSA) is 0 Å². The first-order chi connectivity index (χ1) is 8.83. The molecule has 0 N–H and O–H groups in total. The Hall–Kier alpha value is -1.01. The van der Waals surface area contributed by atoms with Crippen molar-refractivity contribution in [3.05, 3.63) is 58.7 Å². The van der Waals surface area contributed by atoms with Crippen molar-refractivity contribution in [3.63, 3.8) is 0 Å². The number of halogens is 1. The van der Waals surface area contributed by atoms with E-state index < -0.39 is 0 Å². The summed E-state index contributed by atoms with van der Waals surface area (Å²) in [6, 6.07) is 10.5. The lowest BCUT2D eigenvalue weighted by Crippen LogP contribution is -3.59. The summed E-state index contributed by atoms with van der Waals surface area (Å²) in [5, 5.41) is 0. The molecule has 0 nitrogen and oxygen atoms in total. The van der Waals surface area contributed by atoms with Crippen molar-refractivity contribution in [1.29, 1.82) is 0 Å². The third kappa shape index (κ3) is 7.34. The summed E-state index contributed by atoms with van der Waals surface area (Å²) in [7, 11) is 0. The lowest BCUT2D eigenvalue weighted by atomic mass is 10.1. The highest BCUT2D eigenvalue weighted by atomic mass is 127. The van der Waals surface area contributed by atoms with E-state index in [4.69, 9.17) is 0 Å². The third-order valence-electron chi connectivity index (χ3n) is 2.50. The van der Waals surface area contributed by atoms with E-state index in [1.807, 2.05) is 12.1 Å². The maximum atomic E-state index is 4.09. The normalized spacial score (nSPS) is 9.33. The Bertz CT molecular complexity index is 420. The minimum atomic E-state index is -0.124. The van der Waals surface area contributed by atoms with Crippen molar-refractivity contribution >= 4 is 0 Å². The molecule has 0 fully saturated rings. The first-order valence-electron chi connectivity index (χ1n) is 6.27. The largest absolute Gasteiger partial charge is 0.419 e. The van der Waals surface area contributed by atoms with Crippen LogP contribution in [0.25, 0.3) is 0 Å². The van der Waals surface area contributed by atoms with E-state index in [0.29, 0.717) is 0 Å².